The van der Waals surface area contributed by atoms with Crippen molar-refractivity contribution in [2.45, 2.75) is 0 Å². The smallest absolute Gasteiger partial charge is 0.210 e. The zero-order valence-electron chi connectivity index (χ0n) is 5.58. The van der Waals surface area contributed by atoms with Crippen LogP contribution in [0.3, 0.4) is 0 Å². The molecular weight excluding hydrogens is 166 g/mol. The van der Waals surface area contributed by atoms with Crippen molar-refractivity contribution < 1.29 is 8.42 Å². The minimum atomic E-state index is -3.74. The third kappa shape index (κ3) is 2.17. The Morgan fingerprint density at radius 1 is 1.27 bits per heavy atom. The van der Waals surface area contributed by atoms with Crippen molar-refractivity contribution in [3.05, 3.63) is 24.4 Å². The second-order valence-electron chi connectivity index (χ2n) is 1.81. The highest BCUT2D eigenvalue weighted by molar-refractivity contribution is 7.86. The van der Waals surface area contributed by atoms with E-state index in [0.717, 1.165) is 0 Å². The molecule has 0 aromatic carbocycles. The van der Waals surface area contributed by atoms with Gasteiger partial charge >= 0.3 is 10.2 Å². The molecule has 0 aromatic rings. The number of hydrazone groups is 1. The molecule has 2 N–H and O–H groups in total. The Morgan fingerprint density at radius 2 is 2.00 bits per heavy atom. The average Bonchev–Trinajstić information content (AvgIpc) is 2.10. The van der Waals surface area contributed by atoms with E-state index in [4.69, 9.17) is 5.14 Å². The van der Waals surface area contributed by atoms with Crippen LogP contribution in [0.2, 0.25) is 0 Å². The van der Waals surface area contributed by atoms with Crippen LogP contribution in [0.1, 0.15) is 0 Å². The van der Waals surface area contributed by atoms with Crippen molar-refractivity contribution in [2.24, 2.45) is 10.2 Å². The fourth-order valence-corrected chi connectivity index (χ4v) is 0.956. The van der Waals surface area contributed by atoms with Crippen LogP contribution in [0.4, 0.5) is 0 Å². The van der Waals surface area contributed by atoms with E-state index >= 15 is 0 Å². The van der Waals surface area contributed by atoms with Gasteiger partial charge in [-0.25, -0.2) is 5.14 Å². The van der Waals surface area contributed by atoms with Gasteiger partial charge in [0, 0.05) is 12.4 Å². The van der Waals surface area contributed by atoms with E-state index in [2.05, 4.69) is 5.10 Å². The molecule has 0 saturated carbocycles. The number of hydrogen-bond donors (Lipinski definition) is 1. The van der Waals surface area contributed by atoms with E-state index in [-0.39, 0.29) is 0 Å². The molecule has 1 heterocycles. The highest BCUT2D eigenvalue weighted by atomic mass is 32.2. The van der Waals surface area contributed by atoms with Crippen LogP contribution >= 0.6 is 0 Å². The molecule has 0 bridgehead atoms. The fourth-order valence-electron chi connectivity index (χ4n) is 0.530. The summed E-state index contributed by atoms with van der Waals surface area (Å²) in [5, 5.41) is 8.30. The zero-order chi connectivity index (χ0) is 8.32. The topological polar surface area (TPSA) is 75.8 Å². The Labute approximate surface area is 64.7 Å². The Hall–Kier alpha value is -1.14. The van der Waals surface area contributed by atoms with Gasteiger partial charge < -0.3 is 0 Å². The third-order valence-corrected chi connectivity index (χ3v) is 1.70. The van der Waals surface area contributed by atoms with Crippen LogP contribution in [0.25, 0.3) is 0 Å². The first-order valence-corrected chi connectivity index (χ1v) is 4.30. The van der Waals surface area contributed by atoms with Crippen molar-refractivity contribution in [2.75, 3.05) is 0 Å². The Kier molecular flexibility index (Phi) is 2.06. The molecule has 1 aliphatic rings. The number of hydrogen-bond acceptors (Lipinski definition) is 3. The first-order valence-electron chi connectivity index (χ1n) is 2.80. The van der Waals surface area contributed by atoms with Crippen molar-refractivity contribution >= 4 is 16.4 Å². The van der Waals surface area contributed by atoms with Crippen LogP contribution in [-0.4, -0.2) is 19.0 Å². The summed E-state index contributed by atoms with van der Waals surface area (Å²) in [6.45, 7) is 0. The molecule has 0 spiro atoms. The first-order chi connectivity index (χ1) is 5.11. The van der Waals surface area contributed by atoms with Crippen molar-refractivity contribution in [3.63, 3.8) is 0 Å². The quantitative estimate of drug-likeness (QED) is 0.583. The Balaban J connectivity index is 2.93. The molecule has 1 rings (SSSR count). The maximum absolute atomic E-state index is 10.6. The SMILES string of the molecule is NS(=O)(=O)N1C=CC=CC=N1. The molecule has 0 radical (unpaired) electrons. The van der Waals surface area contributed by atoms with Gasteiger partial charge in [0.25, 0.3) is 0 Å². The molecule has 0 unspecified atom stereocenters. The van der Waals surface area contributed by atoms with Crippen LogP contribution in [-0.2, 0) is 10.2 Å². The molecule has 0 saturated heterocycles. The summed E-state index contributed by atoms with van der Waals surface area (Å²) in [4.78, 5) is 0. The summed E-state index contributed by atoms with van der Waals surface area (Å²) in [7, 11) is -3.74. The minimum Gasteiger partial charge on any atom is -0.210 e. The second-order valence-corrected chi connectivity index (χ2v) is 3.21. The lowest BCUT2D eigenvalue weighted by molar-refractivity contribution is 0.518. The van der Waals surface area contributed by atoms with Gasteiger partial charge in [-0.15, -0.1) is 0 Å². The summed E-state index contributed by atoms with van der Waals surface area (Å²) in [5.41, 5.74) is 0. The highest BCUT2D eigenvalue weighted by Crippen LogP contribution is 1.98. The zero-order valence-corrected chi connectivity index (χ0v) is 6.40. The van der Waals surface area contributed by atoms with Gasteiger partial charge in [0.05, 0.1) is 0 Å². The third-order valence-electron chi connectivity index (χ3n) is 0.963. The molecule has 0 fully saturated rings. The van der Waals surface area contributed by atoms with Gasteiger partial charge in [-0.1, -0.05) is 6.08 Å². The number of rotatable bonds is 1. The molecule has 6 heteroatoms. The molecule has 5 nitrogen and oxygen atoms in total. The average molecular weight is 173 g/mol. The van der Waals surface area contributed by atoms with Crippen molar-refractivity contribution in [1.29, 1.82) is 0 Å². The summed E-state index contributed by atoms with van der Waals surface area (Å²) < 4.78 is 22.0. The predicted molar refractivity (Wildman–Crippen MR) is 41.7 cm³/mol. The van der Waals surface area contributed by atoms with E-state index in [1.54, 1.807) is 12.2 Å². The lowest BCUT2D eigenvalue weighted by Gasteiger charge is -2.07. The fraction of sp³-hybridized carbons (Fsp3) is 0. The van der Waals surface area contributed by atoms with Gasteiger partial charge in [-0.05, 0) is 12.2 Å². The standard InChI is InChI=1S/C5H7N3O2S/c6-11(9,10)8-5-3-1-2-4-7-8/h1-5H,(H2,6,9,10). The normalized spacial score (nSPS) is 17.0. The monoisotopic (exact) mass is 173 g/mol. The van der Waals surface area contributed by atoms with Gasteiger partial charge in [0.1, 0.15) is 0 Å². The van der Waals surface area contributed by atoms with Crippen LogP contribution in [0.5, 0.6) is 0 Å². The van der Waals surface area contributed by atoms with Crippen LogP contribution < -0.4 is 5.14 Å². The molecule has 11 heavy (non-hydrogen) atoms. The molecule has 1 aliphatic heterocycles. The second kappa shape index (κ2) is 2.85. The summed E-state index contributed by atoms with van der Waals surface area (Å²) in [5.74, 6) is 0. The first kappa shape index (κ1) is 7.96. The molecule has 0 amide bonds. The minimum absolute atomic E-state index is 0.688. The van der Waals surface area contributed by atoms with E-state index in [9.17, 15) is 8.42 Å². The van der Waals surface area contributed by atoms with E-state index in [0.29, 0.717) is 4.41 Å². The molecule has 0 aliphatic carbocycles. The van der Waals surface area contributed by atoms with Crippen LogP contribution in [0, 0.1) is 0 Å². The number of allylic oxidation sites excluding steroid dienone is 3. The number of nitrogens with two attached hydrogens (primary N) is 1. The highest BCUT2D eigenvalue weighted by Gasteiger charge is 2.09. The summed E-state index contributed by atoms with van der Waals surface area (Å²) in [6, 6.07) is 0. The molecule has 0 aromatic heterocycles. The van der Waals surface area contributed by atoms with Crippen molar-refractivity contribution in [3.8, 4) is 0 Å². The molecular formula is C5H7N3O2S. The largest absolute Gasteiger partial charge is 0.317 e. The lowest BCUT2D eigenvalue weighted by atomic mass is 10.5. The van der Waals surface area contributed by atoms with Gasteiger partial charge in [-0.2, -0.15) is 17.9 Å². The van der Waals surface area contributed by atoms with E-state index < -0.39 is 10.2 Å². The number of nitrogens with zero attached hydrogens (tertiary/aromatic N) is 2. The summed E-state index contributed by atoms with van der Waals surface area (Å²) >= 11 is 0. The maximum atomic E-state index is 10.6. The van der Waals surface area contributed by atoms with E-state index in [1.807, 2.05) is 0 Å². The van der Waals surface area contributed by atoms with E-state index in [1.165, 1.54) is 18.5 Å². The van der Waals surface area contributed by atoms with Crippen LogP contribution in [0.15, 0.2) is 29.5 Å². The maximum Gasteiger partial charge on any atom is 0.317 e. The van der Waals surface area contributed by atoms with Gasteiger partial charge in [0.2, 0.25) is 0 Å². The van der Waals surface area contributed by atoms with Gasteiger partial charge in [0.15, 0.2) is 0 Å². The summed E-state index contributed by atoms with van der Waals surface area (Å²) in [6.07, 6.45) is 7.37. The molecule has 60 valence electrons. The predicted octanol–water partition coefficient (Wildman–Crippen LogP) is -0.439. The molecule has 0 atom stereocenters. The lowest BCUT2D eigenvalue weighted by Crippen LogP contribution is -2.27. The van der Waals surface area contributed by atoms with Gasteiger partial charge in [-0.3, -0.25) is 0 Å². The Morgan fingerprint density at radius 3 is 2.64 bits per heavy atom. The van der Waals surface area contributed by atoms with Crippen molar-refractivity contribution in [1.82, 2.24) is 4.41 Å². The Bertz CT molecular complexity index is 299.